The molecule has 0 unspecified atom stereocenters. The SMILES string of the molecule is CN1CCN(C2CCN(c3cc4[nH]ncc4c4c5c(c(-c6ccc7c(c6)C=NC7)nc34)CCCC5)CC2)CC1. The minimum absolute atomic E-state index is 0.696. The van der Waals surface area contributed by atoms with E-state index in [-0.39, 0.29) is 0 Å². The van der Waals surface area contributed by atoms with Gasteiger partial charge in [0.25, 0.3) is 0 Å². The number of piperidine rings is 1. The molecular formula is C32H37N7. The Kier molecular flexibility index (Phi) is 5.70. The lowest BCUT2D eigenvalue weighted by molar-refractivity contribution is 0.0982. The molecule has 4 aromatic rings. The molecule has 7 nitrogen and oxygen atoms in total. The van der Waals surface area contributed by atoms with Gasteiger partial charge in [0.1, 0.15) is 0 Å². The highest BCUT2D eigenvalue weighted by molar-refractivity contribution is 6.13. The molecule has 5 heterocycles. The summed E-state index contributed by atoms with van der Waals surface area (Å²) >= 11 is 0. The molecule has 2 fully saturated rings. The van der Waals surface area contributed by atoms with E-state index in [1.54, 1.807) is 0 Å². The monoisotopic (exact) mass is 519 g/mol. The number of H-pyrrole nitrogens is 1. The number of aromatic nitrogens is 3. The predicted molar refractivity (Wildman–Crippen MR) is 159 cm³/mol. The molecule has 39 heavy (non-hydrogen) atoms. The van der Waals surface area contributed by atoms with Crippen LogP contribution in [-0.2, 0) is 19.4 Å². The van der Waals surface area contributed by atoms with Crippen molar-refractivity contribution in [2.45, 2.75) is 51.1 Å². The van der Waals surface area contributed by atoms with E-state index >= 15 is 0 Å². The Morgan fingerprint density at radius 2 is 1.74 bits per heavy atom. The van der Waals surface area contributed by atoms with E-state index in [0.717, 1.165) is 43.5 Å². The Labute approximate surface area is 229 Å². The van der Waals surface area contributed by atoms with Crippen molar-refractivity contribution in [3.05, 3.63) is 52.7 Å². The number of likely N-dealkylation sites (N-methyl/N-ethyl adjacent to an activating group) is 1. The molecule has 7 heteroatoms. The fourth-order valence-electron chi connectivity index (χ4n) is 7.49. The van der Waals surface area contributed by atoms with Gasteiger partial charge in [-0.3, -0.25) is 15.0 Å². The first kappa shape index (κ1) is 23.6. The predicted octanol–water partition coefficient (Wildman–Crippen LogP) is 4.81. The van der Waals surface area contributed by atoms with Crippen LogP contribution in [0.2, 0.25) is 0 Å². The van der Waals surface area contributed by atoms with Gasteiger partial charge >= 0.3 is 0 Å². The van der Waals surface area contributed by atoms with Crippen molar-refractivity contribution in [3.63, 3.8) is 0 Å². The fraction of sp³-hybridized carbons (Fsp3) is 0.469. The van der Waals surface area contributed by atoms with Crippen molar-refractivity contribution in [1.82, 2.24) is 25.0 Å². The molecule has 0 amide bonds. The van der Waals surface area contributed by atoms with E-state index in [1.807, 2.05) is 12.4 Å². The summed E-state index contributed by atoms with van der Waals surface area (Å²) in [5, 5.41) is 10.3. The largest absolute Gasteiger partial charge is 0.370 e. The number of aromatic amines is 1. The number of rotatable bonds is 3. The van der Waals surface area contributed by atoms with E-state index in [2.05, 4.69) is 61.2 Å². The number of hydrogen-bond acceptors (Lipinski definition) is 6. The molecule has 1 N–H and O–H groups in total. The molecule has 3 aliphatic heterocycles. The molecule has 0 radical (unpaired) electrons. The molecule has 2 aromatic heterocycles. The number of fused-ring (bicyclic) bond motifs is 6. The highest BCUT2D eigenvalue weighted by atomic mass is 15.3. The standard InChI is InChI=1S/C32H37N7/c1-37-12-14-38(15-13-37)24-8-10-39(11-9-24)29-17-28-27(20-34-36-28)30-25-4-2-3-5-26(25)31(35-32(29)30)21-6-7-22-18-33-19-23(22)16-21/h6-7,16-17,19-20,24H,2-5,8-15,18H2,1H3,(H,34,36). The summed E-state index contributed by atoms with van der Waals surface area (Å²) in [6.45, 7) is 7.73. The maximum atomic E-state index is 5.56. The molecule has 1 aliphatic carbocycles. The lowest BCUT2D eigenvalue weighted by Crippen LogP contribution is -2.52. The van der Waals surface area contributed by atoms with Gasteiger partial charge in [0.05, 0.1) is 35.2 Å². The summed E-state index contributed by atoms with van der Waals surface area (Å²) in [5.41, 5.74) is 11.5. The van der Waals surface area contributed by atoms with Gasteiger partial charge in [-0.1, -0.05) is 12.1 Å². The maximum Gasteiger partial charge on any atom is 0.0954 e. The number of nitrogens with zero attached hydrogens (tertiary/aromatic N) is 6. The van der Waals surface area contributed by atoms with Gasteiger partial charge in [-0.15, -0.1) is 0 Å². The number of aryl methyl sites for hydroxylation is 1. The molecule has 0 bridgehead atoms. The summed E-state index contributed by atoms with van der Waals surface area (Å²) in [6.07, 6.45) is 11.2. The minimum Gasteiger partial charge on any atom is -0.370 e. The molecule has 4 aliphatic rings. The first-order valence-corrected chi connectivity index (χ1v) is 14.8. The first-order chi connectivity index (χ1) is 19.2. The second-order valence-electron chi connectivity index (χ2n) is 12.0. The van der Waals surface area contributed by atoms with Crippen molar-refractivity contribution in [3.8, 4) is 11.3 Å². The molecule has 2 aromatic carbocycles. The van der Waals surface area contributed by atoms with Crippen molar-refractivity contribution in [2.24, 2.45) is 4.99 Å². The lowest BCUT2D eigenvalue weighted by atomic mass is 9.84. The van der Waals surface area contributed by atoms with Crippen molar-refractivity contribution in [2.75, 3.05) is 51.2 Å². The molecule has 0 spiro atoms. The van der Waals surface area contributed by atoms with Gasteiger partial charge in [-0.05, 0) is 80.0 Å². The zero-order valence-electron chi connectivity index (χ0n) is 22.9. The van der Waals surface area contributed by atoms with Crippen molar-refractivity contribution in [1.29, 1.82) is 0 Å². The van der Waals surface area contributed by atoms with Crippen molar-refractivity contribution >= 4 is 33.7 Å². The van der Waals surface area contributed by atoms with E-state index in [9.17, 15) is 0 Å². The molecule has 2 saturated heterocycles. The van der Waals surface area contributed by atoms with Crippen LogP contribution < -0.4 is 4.90 Å². The maximum absolute atomic E-state index is 5.56. The van der Waals surface area contributed by atoms with Crippen LogP contribution in [0.3, 0.4) is 0 Å². The van der Waals surface area contributed by atoms with Crippen LogP contribution in [0, 0.1) is 0 Å². The van der Waals surface area contributed by atoms with Crippen LogP contribution in [0.15, 0.2) is 35.5 Å². The Hall–Kier alpha value is -3.29. The van der Waals surface area contributed by atoms with E-state index in [4.69, 9.17) is 4.98 Å². The molecule has 0 saturated carbocycles. The van der Waals surface area contributed by atoms with Crippen molar-refractivity contribution < 1.29 is 0 Å². The molecule has 200 valence electrons. The molecular weight excluding hydrogens is 482 g/mol. The van der Waals surface area contributed by atoms with Crippen LogP contribution in [0.5, 0.6) is 0 Å². The van der Waals surface area contributed by atoms with Crippen LogP contribution >= 0.6 is 0 Å². The number of pyridine rings is 1. The van der Waals surface area contributed by atoms with Crippen LogP contribution in [0.25, 0.3) is 33.1 Å². The Morgan fingerprint density at radius 3 is 2.59 bits per heavy atom. The van der Waals surface area contributed by atoms with Gasteiger partial charge in [0, 0.05) is 67.9 Å². The number of hydrogen-bond donors (Lipinski definition) is 1. The summed E-state index contributed by atoms with van der Waals surface area (Å²) in [7, 11) is 2.24. The smallest absolute Gasteiger partial charge is 0.0954 e. The molecule has 8 rings (SSSR count). The Morgan fingerprint density at radius 1 is 0.923 bits per heavy atom. The topological polar surface area (TPSA) is 63.6 Å². The number of piperazine rings is 1. The second kappa shape index (κ2) is 9.42. The zero-order chi connectivity index (χ0) is 25.9. The van der Waals surface area contributed by atoms with E-state index in [0.29, 0.717) is 6.04 Å². The zero-order valence-corrected chi connectivity index (χ0v) is 22.9. The van der Waals surface area contributed by atoms with E-state index in [1.165, 1.54) is 102 Å². The number of anilines is 1. The van der Waals surface area contributed by atoms with Gasteiger partial charge in [-0.2, -0.15) is 5.10 Å². The first-order valence-electron chi connectivity index (χ1n) is 14.8. The highest BCUT2D eigenvalue weighted by Crippen LogP contribution is 2.42. The third-order valence-electron chi connectivity index (χ3n) is 9.75. The fourth-order valence-corrected chi connectivity index (χ4v) is 7.49. The summed E-state index contributed by atoms with van der Waals surface area (Å²) in [5.74, 6) is 0. The van der Waals surface area contributed by atoms with Gasteiger partial charge in [-0.25, -0.2) is 4.98 Å². The van der Waals surface area contributed by atoms with Gasteiger partial charge in [0.15, 0.2) is 0 Å². The summed E-state index contributed by atoms with van der Waals surface area (Å²) < 4.78 is 0. The lowest BCUT2D eigenvalue weighted by Gasteiger charge is -2.42. The molecule has 0 atom stereocenters. The number of nitrogens with one attached hydrogen (secondary N) is 1. The highest BCUT2D eigenvalue weighted by Gasteiger charge is 2.29. The Balaban J connectivity index is 1.23. The average Bonchev–Trinajstić information content (AvgIpc) is 3.66. The number of benzene rings is 2. The summed E-state index contributed by atoms with van der Waals surface area (Å²) in [6, 6.07) is 9.85. The Bertz CT molecular complexity index is 1590. The minimum atomic E-state index is 0.696. The van der Waals surface area contributed by atoms with Crippen LogP contribution in [0.1, 0.15) is 47.9 Å². The van der Waals surface area contributed by atoms with Gasteiger partial charge < -0.3 is 9.80 Å². The third-order valence-corrected chi connectivity index (χ3v) is 9.75. The summed E-state index contributed by atoms with van der Waals surface area (Å²) in [4.78, 5) is 17.9. The second-order valence-corrected chi connectivity index (χ2v) is 12.0. The normalized spacial score (nSPS) is 20.7. The number of aliphatic imine (C=N–C) groups is 1. The van der Waals surface area contributed by atoms with Gasteiger partial charge in [0.2, 0.25) is 0 Å². The van der Waals surface area contributed by atoms with E-state index < -0.39 is 0 Å². The van der Waals surface area contributed by atoms with Crippen LogP contribution in [-0.4, -0.2) is 83.6 Å². The quantitative estimate of drug-likeness (QED) is 0.421. The third kappa shape index (κ3) is 3.97. The average molecular weight is 520 g/mol. The van der Waals surface area contributed by atoms with Crippen LogP contribution in [0.4, 0.5) is 5.69 Å².